The number of aliphatic carboxylic acids is 1. The first-order valence-corrected chi connectivity index (χ1v) is 20.3. The van der Waals surface area contributed by atoms with Crippen molar-refractivity contribution in [3.8, 4) is 0 Å². The third kappa shape index (κ3) is 38.6. The SMILES string of the molecule is CCCCC/C=C\C/C=C\CCCCCCCCCC(=O)OC(C)CCCCCCCCCCCCCCCCCCCC(=O)O. The lowest BCUT2D eigenvalue weighted by atomic mass is 10.0. The quantitative estimate of drug-likeness (QED) is 0.0414. The predicted octanol–water partition coefficient (Wildman–Crippen LogP) is 14.0. The van der Waals surface area contributed by atoms with Gasteiger partial charge in [-0.25, -0.2) is 0 Å². The number of carboxylic acid groups (broad SMARTS) is 1. The zero-order valence-electron chi connectivity index (χ0n) is 30.9. The summed E-state index contributed by atoms with van der Waals surface area (Å²) < 4.78 is 5.65. The minimum absolute atomic E-state index is 0.0000518. The first-order chi connectivity index (χ1) is 22.6. The average Bonchev–Trinajstić information content (AvgIpc) is 3.03. The second-order valence-corrected chi connectivity index (χ2v) is 13.9. The second-order valence-electron chi connectivity index (χ2n) is 13.9. The second kappa shape index (κ2) is 37.9. The van der Waals surface area contributed by atoms with Gasteiger partial charge < -0.3 is 9.84 Å². The lowest BCUT2D eigenvalue weighted by Crippen LogP contribution is -2.14. The Bertz CT molecular complexity index is 698. The molecule has 0 heterocycles. The van der Waals surface area contributed by atoms with E-state index in [1.54, 1.807) is 0 Å². The van der Waals surface area contributed by atoms with E-state index in [9.17, 15) is 9.59 Å². The molecule has 1 unspecified atom stereocenters. The van der Waals surface area contributed by atoms with Gasteiger partial charge in [0.05, 0.1) is 6.10 Å². The van der Waals surface area contributed by atoms with Crippen molar-refractivity contribution in [1.29, 1.82) is 0 Å². The molecule has 0 saturated carbocycles. The van der Waals surface area contributed by atoms with Crippen LogP contribution in [-0.2, 0) is 14.3 Å². The smallest absolute Gasteiger partial charge is 0.306 e. The Morgan fingerprint density at radius 3 is 1.30 bits per heavy atom. The summed E-state index contributed by atoms with van der Waals surface area (Å²) in [7, 11) is 0. The van der Waals surface area contributed by atoms with E-state index >= 15 is 0 Å². The molecule has 4 heteroatoms. The molecule has 0 amide bonds. The molecular weight excluding hydrogens is 568 g/mol. The van der Waals surface area contributed by atoms with Gasteiger partial charge in [-0.05, 0) is 64.7 Å². The zero-order valence-corrected chi connectivity index (χ0v) is 30.9. The van der Waals surface area contributed by atoms with Crippen molar-refractivity contribution in [2.24, 2.45) is 0 Å². The molecular formula is C42H78O4. The number of allylic oxidation sites excluding steroid dienone is 4. The highest BCUT2D eigenvalue weighted by Crippen LogP contribution is 2.16. The summed E-state index contributed by atoms with van der Waals surface area (Å²) in [5.74, 6) is -0.662. The first kappa shape index (κ1) is 44.4. The van der Waals surface area contributed by atoms with Gasteiger partial charge in [0, 0.05) is 12.8 Å². The van der Waals surface area contributed by atoms with Gasteiger partial charge in [-0.2, -0.15) is 0 Å². The third-order valence-corrected chi connectivity index (χ3v) is 9.17. The van der Waals surface area contributed by atoms with E-state index in [4.69, 9.17) is 9.84 Å². The lowest BCUT2D eigenvalue weighted by Gasteiger charge is -2.13. The van der Waals surface area contributed by atoms with E-state index in [1.165, 1.54) is 161 Å². The van der Waals surface area contributed by atoms with Gasteiger partial charge in [0.15, 0.2) is 0 Å². The van der Waals surface area contributed by atoms with Crippen LogP contribution in [0.5, 0.6) is 0 Å². The van der Waals surface area contributed by atoms with Crippen LogP contribution in [0.25, 0.3) is 0 Å². The molecule has 0 saturated heterocycles. The standard InChI is InChI=1S/C42H78O4/c1-3-4-5-6-7-8-9-10-11-13-18-21-24-27-30-33-36-39-42(45)46-40(2)37-34-31-28-25-22-19-16-14-12-15-17-20-23-26-29-32-35-38-41(43)44/h7-8,10-11,40H,3-6,9,12-39H2,1-2H3,(H,43,44)/b8-7-,11-10-. The van der Waals surface area contributed by atoms with E-state index in [2.05, 4.69) is 38.2 Å². The van der Waals surface area contributed by atoms with E-state index in [0.29, 0.717) is 12.8 Å². The molecule has 0 fully saturated rings. The number of carbonyl (C=O) groups excluding carboxylic acids is 1. The Morgan fingerprint density at radius 2 is 0.870 bits per heavy atom. The fraction of sp³-hybridized carbons (Fsp3) is 0.857. The molecule has 0 aliphatic heterocycles. The van der Waals surface area contributed by atoms with Crippen molar-refractivity contribution < 1.29 is 19.4 Å². The van der Waals surface area contributed by atoms with Gasteiger partial charge in [0.1, 0.15) is 0 Å². The van der Waals surface area contributed by atoms with Crippen molar-refractivity contribution in [2.75, 3.05) is 0 Å². The zero-order chi connectivity index (χ0) is 33.6. The fourth-order valence-corrected chi connectivity index (χ4v) is 6.14. The Balaban J connectivity index is 3.31. The number of hydrogen-bond acceptors (Lipinski definition) is 3. The van der Waals surface area contributed by atoms with Gasteiger partial charge in [0.2, 0.25) is 0 Å². The summed E-state index contributed by atoms with van der Waals surface area (Å²) in [5, 5.41) is 8.65. The number of rotatable bonds is 37. The van der Waals surface area contributed by atoms with E-state index < -0.39 is 5.97 Å². The van der Waals surface area contributed by atoms with Crippen LogP contribution in [0.3, 0.4) is 0 Å². The summed E-state index contributed by atoms with van der Waals surface area (Å²) in [4.78, 5) is 22.7. The van der Waals surface area contributed by atoms with Gasteiger partial charge in [-0.1, -0.05) is 172 Å². The molecule has 0 aromatic rings. The third-order valence-electron chi connectivity index (χ3n) is 9.17. The molecule has 0 aromatic heterocycles. The Hall–Kier alpha value is -1.58. The summed E-state index contributed by atoms with van der Waals surface area (Å²) in [5.41, 5.74) is 0. The minimum atomic E-state index is -0.662. The lowest BCUT2D eigenvalue weighted by molar-refractivity contribution is -0.148. The van der Waals surface area contributed by atoms with E-state index in [-0.39, 0.29) is 12.1 Å². The van der Waals surface area contributed by atoms with Crippen LogP contribution in [0.15, 0.2) is 24.3 Å². The average molecular weight is 647 g/mol. The monoisotopic (exact) mass is 647 g/mol. The highest BCUT2D eigenvalue weighted by Gasteiger charge is 2.09. The van der Waals surface area contributed by atoms with Crippen LogP contribution in [0.4, 0.5) is 0 Å². The number of hydrogen-bond donors (Lipinski definition) is 1. The van der Waals surface area contributed by atoms with Gasteiger partial charge in [-0.3, -0.25) is 9.59 Å². The van der Waals surface area contributed by atoms with Gasteiger partial charge >= 0.3 is 11.9 Å². The molecule has 0 aromatic carbocycles. The Labute approximate surface area is 287 Å². The van der Waals surface area contributed by atoms with Crippen LogP contribution < -0.4 is 0 Å². The van der Waals surface area contributed by atoms with E-state index in [0.717, 1.165) is 38.5 Å². The van der Waals surface area contributed by atoms with E-state index in [1.807, 2.05) is 0 Å². The summed E-state index contributed by atoms with van der Waals surface area (Å²) in [6.45, 7) is 4.31. The van der Waals surface area contributed by atoms with Crippen molar-refractivity contribution >= 4 is 11.9 Å². The van der Waals surface area contributed by atoms with Crippen LogP contribution in [-0.4, -0.2) is 23.1 Å². The molecule has 0 aliphatic carbocycles. The number of carbonyl (C=O) groups is 2. The van der Waals surface area contributed by atoms with Crippen LogP contribution in [0, 0.1) is 0 Å². The number of carboxylic acids is 1. The van der Waals surface area contributed by atoms with Crippen molar-refractivity contribution in [1.82, 2.24) is 0 Å². The van der Waals surface area contributed by atoms with Crippen LogP contribution >= 0.6 is 0 Å². The van der Waals surface area contributed by atoms with Crippen LogP contribution in [0.1, 0.15) is 226 Å². The number of ether oxygens (including phenoxy) is 1. The number of unbranched alkanes of at least 4 members (excludes halogenated alkanes) is 26. The molecule has 0 aliphatic rings. The highest BCUT2D eigenvalue weighted by molar-refractivity contribution is 5.69. The molecule has 270 valence electrons. The molecule has 4 nitrogen and oxygen atoms in total. The normalized spacial score (nSPS) is 12.4. The predicted molar refractivity (Wildman–Crippen MR) is 200 cm³/mol. The Kier molecular flexibility index (Phi) is 36.6. The topological polar surface area (TPSA) is 63.6 Å². The maximum atomic E-state index is 12.2. The summed E-state index contributed by atoms with van der Waals surface area (Å²) >= 11 is 0. The molecule has 0 radical (unpaired) electrons. The molecule has 1 N–H and O–H groups in total. The van der Waals surface area contributed by atoms with Gasteiger partial charge in [0.25, 0.3) is 0 Å². The molecule has 0 spiro atoms. The van der Waals surface area contributed by atoms with Crippen molar-refractivity contribution in [3.05, 3.63) is 24.3 Å². The largest absolute Gasteiger partial charge is 0.481 e. The maximum absolute atomic E-state index is 12.2. The minimum Gasteiger partial charge on any atom is -0.481 e. The molecule has 1 atom stereocenters. The molecule has 0 bridgehead atoms. The molecule has 0 rings (SSSR count). The maximum Gasteiger partial charge on any atom is 0.306 e. The summed E-state index contributed by atoms with van der Waals surface area (Å²) in [6.07, 6.45) is 49.0. The number of esters is 1. The Morgan fingerprint density at radius 1 is 0.500 bits per heavy atom. The first-order valence-electron chi connectivity index (χ1n) is 20.3. The van der Waals surface area contributed by atoms with Gasteiger partial charge in [-0.15, -0.1) is 0 Å². The van der Waals surface area contributed by atoms with Crippen LogP contribution in [0.2, 0.25) is 0 Å². The molecule has 46 heavy (non-hydrogen) atoms. The highest BCUT2D eigenvalue weighted by atomic mass is 16.5. The van der Waals surface area contributed by atoms with Crippen molar-refractivity contribution in [3.63, 3.8) is 0 Å². The van der Waals surface area contributed by atoms with Crippen molar-refractivity contribution in [2.45, 2.75) is 232 Å². The summed E-state index contributed by atoms with van der Waals surface area (Å²) in [6, 6.07) is 0. The fourth-order valence-electron chi connectivity index (χ4n) is 6.14.